The molecule has 3 nitrogen and oxygen atoms in total. The molecule has 1 fully saturated rings. The van der Waals surface area contributed by atoms with E-state index in [1.807, 2.05) is 6.07 Å². The normalized spacial score (nSPS) is 15.9. The maximum absolute atomic E-state index is 10.6. The number of carbonyl (C=O) groups is 1. The number of carboxylic acids is 1. The summed E-state index contributed by atoms with van der Waals surface area (Å²) in [6, 6.07) is 5.26. The van der Waals surface area contributed by atoms with Crippen LogP contribution in [0, 0.1) is 0 Å². The van der Waals surface area contributed by atoms with Gasteiger partial charge in [0.1, 0.15) is 11.9 Å². The summed E-state index contributed by atoms with van der Waals surface area (Å²) in [6.45, 7) is 1.46. The van der Waals surface area contributed by atoms with E-state index in [1.54, 1.807) is 12.1 Å². The SMILES string of the molecule is C[C@H](Oc1ccc(Cl)cc1C1CC1)C(=O)[O-].[Na+]. The monoisotopic (exact) mass is 262 g/mol. The molecule has 1 aliphatic rings. The van der Waals surface area contributed by atoms with E-state index in [0.717, 1.165) is 18.4 Å². The molecule has 86 valence electrons. The summed E-state index contributed by atoms with van der Waals surface area (Å²) < 4.78 is 5.34. The van der Waals surface area contributed by atoms with E-state index in [-0.39, 0.29) is 29.6 Å². The van der Waals surface area contributed by atoms with E-state index >= 15 is 0 Å². The van der Waals surface area contributed by atoms with Gasteiger partial charge in [0, 0.05) is 5.02 Å². The average molecular weight is 263 g/mol. The summed E-state index contributed by atoms with van der Waals surface area (Å²) in [5, 5.41) is 11.3. The molecule has 0 heterocycles. The molecule has 1 aliphatic carbocycles. The number of hydrogen-bond donors (Lipinski definition) is 0. The van der Waals surface area contributed by atoms with Crippen LogP contribution in [0.3, 0.4) is 0 Å². The third kappa shape index (κ3) is 3.88. The zero-order chi connectivity index (χ0) is 11.7. The van der Waals surface area contributed by atoms with E-state index < -0.39 is 12.1 Å². The van der Waals surface area contributed by atoms with Gasteiger partial charge in [-0.15, -0.1) is 0 Å². The molecular weight excluding hydrogens is 251 g/mol. The number of carboxylic acid groups (broad SMARTS) is 1. The van der Waals surface area contributed by atoms with E-state index in [2.05, 4.69) is 0 Å². The summed E-state index contributed by atoms with van der Waals surface area (Å²) in [5.74, 6) is -0.150. The summed E-state index contributed by atoms with van der Waals surface area (Å²) in [7, 11) is 0. The fourth-order valence-corrected chi connectivity index (χ4v) is 1.76. The van der Waals surface area contributed by atoms with Gasteiger partial charge in [0.05, 0.1) is 5.97 Å². The maximum atomic E-state index is 10.6. The molecular formula is C12H12ClNaO3. The van der Waals surface area contributed by atoms with Crippen LogP contribution in [0.2, 0.25) is 5.02 Å². The molecule has 2 rings (SSSR count). The first-order valence-corrected chi connectivity index (χ1v) is 5.62. The van der Waals surface area contributed by atoms with Gasteiger partial charge in [-0.1, -0.05) is 11.6 Å². The molecule has 17 heavy (non-hydrogen) atoms. The number of rotatable bonds is 4. The second-order valence-electron chi connectivity index (χ2n) is 4.04. The van der Waals surface area contributed by atoms with Crippen molar-refractivity contribution in [2.75, 3.05) is 0 Å². The van der Waals surface area contributed by atoms with Crippen LogP contribution in [0.25, 0.3) is 0 Å². The maximum Gasteiger partial charge on any atom is 1.00 e. The van der Waals surface area contributed by atoms with Crippen LogP contribution in [0.5, 0.6) is 5.75 Å². The average Bonchev–Trinajstić information content (AvgIpc) is 3.04. The summed E-state index contributed by atoms with van der Waals surface area (Å²) in [4.78, 5) is 10.6. The third-order valence-corrected chi connectivity index (χ3v) is 2.86. The number of benzene rings is 1. The molecule has 0 amide bonds. The molecule has 5 heteroatoms. The van der Waals surface area contributed by atoms with Crippen LogP contribution < -0.4 is 39.4 Å². The number of carbonyl (C=O) groups excluding carboxylic acids is 1. The van der Waals surface area contributed by atoms with Crippen molar-refractivity contribution < 1.29 is 44.2 Å². The molecule has 0 saturated heterocycles. The topological polar surface area (TPSA) is 49.4 Å². The Balaban J connectivity index is 0.00000144. The van der Waals surface area contributed by atoms with Crippen molar-refractivity contribution in [1.29, 1.82) is 0 Å². The van der Waals surface area contributed by atoms with Gasteiger partial charge < -0.3 is 14.6 Å². The summed E-state index contributed by atoms with van der Waals surface area (Å²) >= 11 is 5.90. The Bertz CT molecular complexity index is 418. The summed E-state index contributed by atoms with van der Waals surface area (Å²) in [5.41, 5.74) is 1.00. The minimum absolute atomic E-state index is 0. The molecule has 0 bridgehead atoms. The van der Waals surface area contributed by atoms with Gasteiger partial charge in [0.15, 0.2) is 0 Å². The van der Waals surface area contributed by atoms with Crippen molar-refractivity contribution in [2.45, 2.75) is 31.8 Å². The Morgan fingerprint density at radius 2 is 2.18 bits per heavy atom. The fourth-order valence-electron chi connectivity index (χ4n) is 1.58. The van der Waals surface area contributed by atoms with Gasteiger partial charge in [0.2, 0.25) is 0 Å². The zero-order valence-corrected chi connectivity index (χ0v) is 12.7. The Labute approximate surface area is 127 Å². The van der Waals surface area contributed by atoms with Crippen molar-refractivity contribution in [3.8, 4) is 5.75 Å². The molecule has 0 aromatic heterocycles. The Morgan fingerprint density at radius 3 is 2.71 bits per heavy atom. The standard InChI is InChI=1S/C12H13ClO3.Na/c1-7(12(14)15)16-11-5-4-9(13)6-10(11)8-2-3-8;/h4-8H,2-3H2,1H3,(H,14,15);/q;+1/p-1/t7-;/m0./s1. The van der Waals surface area contributed by atoms with Crippen molar-refractivity contribution in [2.24, 2.45) is 0 Å². The van der Waals surface area contributed by atoms with Gasteiger partial charge in [-0.25, -0.2) is 0 Å². The third-order valence-electron chi connectivity index (χ3n) is 2.62. The first kappa shape index (κ1) is 14.8. The largest absolute Gasteiger partial charge is 1.00 e. The molecule has 1 atom stereocenters. The molecule has 0 radical (unpaired) electrons. The molecule has 0 aliphatic heterocycles. The van der Waals surface area contributed by atoms with Crippen molar-refractivity contribution in [3.63, 3.8) is 0 Å². The Kier molecular flexibility index (Phi) is 5.32. The Morgan fingerprint density at radius 1 is 1.53 bits per heavy atom. The molecule has 1 aromatic carbocycles. The van der Waals surface area contributed by atoms with Crippen molar-refractivity contribution >= 4 is 17.6 Å². The first-order valence-electron chi connectivity index (χ1n) is 5.25. The van der Waals surface area contributed by atoms with E-state index in [0.29, 0.717) is 16.7 Å². The number of aliphatic carboxylic acids is 1. The fraction of sp³-hybridized carbons (Fsp3) is 0.417. The van der Waals surface area contributed by atoms with Gasteiger partial charge in [-0.2, -0.15) is 0 Å². The van der Waals surface area contributed by atoms with E-state index in [4.69, 9.17) is 16.3 Å². The second kappa shape index (κ2) is 6.10. The van der Waals surface area contributed by atoms with Crippen LogP contribution >= 0.6 is 11.6 Å². The predicted molar refractivity (Wildman–Crippen MR) is 58.5 cm³/mol. The van der Waals surface area contributed by atoms with Gasteiger partial charge in [-0.05, 0) is 49.4 Å². The first-order chi connectivity index (χ1) is 7.58. The molecule has 0 N–H and O–H groups in total. The van der Waals surface area contributed by atoms with E-state index in [9.17, 15) is 9.90 Å². The minimum atomic E-state index is -1.21. The second-order valence-corrected chi connectivity index (χ2v) is 4.47. The van der Waals surface area contributed by atoms with Gasteiger partial charge >= 0.3 is 29.6 Å². The predicted octanol–water partition coefficient (Wildman–Crippen LogP) is -1.26. The number of hydrogen-bond acceptors (Lipinski definition) is 3. The van der Waals surface area contributed by atoms with E-state index in [1.165, 1.54) is 6.92 Å². The molecule has 0 spiro atoms. The summed E-state index contributed by atoms with van der Waals surface area (Å²) in [6.07, 6.45) is 1.27. The van der Waals surface area contributed by atoms with Crippen LogP contribution in [-0.2, 0) is 4.79 Å². The minimum Gasteiger partial charge on any atom is -0.546 e. The smallest absolute Gasteiger partial charge is 0.546 e. The number of ether oxygens (including phenoxy) is 1. The van der Waals surface area contributed by atoms with Crippen LogP contribution in [-0.4, -0.2) is 12.1 Å². The molecule has 1 aromatic rings. The number of halogens is 1. The quantitative estimate of drug-likeness (QED) is 0.637. The van der Waals surface area contributed by atoms with Crippen LogP contribution in [0.4, 0.5) is 0 Å². The van der Waals surface area contributed by atoms with Crippen molar-refractivity contribution in [3.05, 3.63) is 28.8 Å². The van der Waals surface area contributed by atoms with Gasteiger partial charge in [-0.3, -0.25) is 0 Å². The molecule has 1 saturated carbocycles. The Hall–Kier alpha value is -0.220. The van der Waals surface area contributed by atoms with Crippen LogP contribution in [0.15, 0.2) is 18.2 Å². The molecule has 0 unspecified atom stereocenters. The van der Waals surface area contributed by atoms with Crippen LogP contribution in [0.1, 0.15) is 31.2 Å². The van der Waals surface area contributed by atoms with Gasteiger partial charge in [0.25, 0.3) is 0 Å². The van der Waals surface area contributed by atoms with Crippen molar-refractivity contribution in [1.82, 2.24) is 0 Å². The zero-order valence-electron chi connectivity index (χ0n) is 9.90.